The molecule has 104 valence electrons. The van der Waals surface area contributed by atoms with Gasteiger partial charge in [0.25, 0.3) is 5.91 Å². The van der Waals surface area contributed by atoms with Crippen LogP contribution < -0.4 is 0 Å². The Morgan fingerprint density at radius 1 is 1.58 bits per heavy atom. The number of carbonyl (C=O) groups is 1. The van der Waals surface area contributed by atoms with E-state index < -0.39 is 0 Å². The molecule has 5 nitrogen and oxygen atoms in total. The summed E-state index contributed by atoms with van der Waals surface area (Å²) >= 11 is 0. The van der Waals surface area contributed by atoms with Gasteiger partial charge in [-0.25, -0.2) is 0 Å². The van der Waals surface area contributed by atoms with Gasteiger partial charge in [0.05, 0.1) is 6.10 Å². The molecular formula is C14H21N3O2. The van der Waals surface area contributed by atoms with Gasteiger partial charge in [-0.3, -0.25) is 14.7 Å². The molecule has 1 fully saturated rings. The third-order valence-electron chi connectivity index (χ3n) is 3.70. The maximum absolute atomic E-state index is 12.2. The van der Waals surface area contributed by atoms with Gasteiger partial charge in [0.2, 0.25) is 0 Å². The first-order chi connectivity index (χ1) is 9.11. The lowest BCUT2D eigenvalue weighted by Crippen LogP contribution is -2.39. The van der Waals surface area contributed by atoms with Crippen LogP contribution in [-0.4, -0.2) is 67.1 Å². The van der Waals surface area contributed by atoms with Crippen molar-refractivity contribution in [1.29, 1.82) is 0 Å². The summed E-state index contributed by atoms with van der Waals surface area (Å²) in [5, 5.41) is 0. The largest absolute Gasteiger partial charge is 0.380 e. The zero-order chi connectivity index (χ0) is 13.8. The summed E-state index contributed by atoms with van der Waals surface area (Å²) in [7, 11) is 5.64. The molecule has 1 aromatic heterocycles. The monoisotopic (exact) mass is 263 g/mol. The Morgan fingerprint density at radius 2 is 2.37 bits per heavy atom. The van der Waals surface area contributed by atoms with E-state index in [1.165, 1.54) is 0 Å². The van der Waals surface area contributed by atoms with E-state index in [2.05, 4.69) is 16.9 Å². The Balaban J connectivity index is 1.94. The van der Waals surface area contributed by atoms with Crippen LogP contribution >= 0.6 is 0 Å². The van der Waals surface area contributed by atoms with Crippen molar-refractivity contribution in [2.45, 2.75) is 18.6 Å². The number of methoxy groups -OCH3 is 1. The Kier molecular flexibility index (Phi) is 4.50. The summed E-state index contributed by atoms with van der Waals surface area (Å²) in [6.45, 7) is 1.62. The Morgan fingerprint density at radius 3 is 2.95 bits per heavy atom. The van der Waals surface area contributed by atoms with Crippen molar-refractivity contribution < 1.29 is 9.53 Å². The van der Waals surface area contributed by atoms with Gasteiger partial charge in [-0.05, 0) is 25.6 Å². The number of likely N-dealkylation sites (tertiary alicyclic amines) is 1. The zero-order valence-corrected chi connectivity index (χ0v) is 11.7. The van der Waals surface area contributed by atoms with Gasteiger partial charge in [-0.15, -0.1) is 0 Å². The minimum atomic E-state index is -0.0325. The third kappa shape index (κ3) is 3.30. The van der Waals surface area contributed by atoms with Crippen LogP contribution in [0.2, 0.25) is 0 Å². The van der Waals surface area contributed by atoms with Crippen molar-refractivity contribution in [3.8, 4) is 0 Å². The van der Waals surface area contributed by atoms with Gasteiger partial charge in [-0.2, -0.15) is 0 Å². The summed E-state index contributed by atoms with van der Waals surface area (Å²) in [6.07, 6.45) is 2.88. The molecule has 1 aliphatic heterocycles. The third-order valence-corrected chi connectivity index (χ3v) is 3.70. The molecule has 0 radical (unpaired) electrons. The van der Waals surface area contributed by atoms with E-state index in [1.54, 1.807) is 24.3 Å². The molecule has 2 atom stereocenters. The van der Waals surface area contributed by atoms with Gasteiger partial charge >= 0.3 is 0 Å². The van der Waals surface area contributed by atoms with E-state index in [-0.39, 0.29) is 12.0 Å². The molecule has 0 aliphatic carbocycles. The van der Waals surface area contributed by atoms with Crippen molar-refractivity contribution in [2.75, 3.05) is 34.3 Å². The van der Waals surface area contributed by atoms with E-state index in [9.17, 15) is 4.79 Å². The molecule has 5 heteroatoms. The lowest BCUT2D eigenvalue weighted by molar-refractivity contribution is 0.0754. The molecule has 0 unspecified atom stereocenters. The van der Waals surface area contributed by atoms with Crippen LogP contribution in [0.15, 0.2) is 24.4 Å². The first kappa shape index (κ1) is 14.0. The highest BCUT2D eigenvalue weighted by atomic mass is 16.5. The number of nitrogens with zero attached hydrogens (tertiary/aromatic N) is 3. The van der Waals surface area contributed by atoms with Crippen molar-refractivity contribution in [1.82, 2.24) is 14.8 Å². The number of hydrogen-bond acceptors (Lipinski definition) is 4. The molecule has 1 aliphatic rings. The molecule has 0 bridgehead atoms. The Hall–Kier alpha value is -1.46. The molecule has 0 N–H and O–H groups in total. The van der Waals surface area contributed by atoms with Crippen LogP contribution in [0, 0.1) is 0 Å². The normalized spacial score (nSPS) is 23.5. The number of amides is 1. The average Bonchev–Trinajstić information content (AvgIpc) is 2.79. The molecule has 1 aromatic rings. The first-order valence-electron chi connectivity index (χ1n) is 6.51. The van der Waals surface area contributed by atoms with Gasteiger partial charge in [-0.1, -0.05) is 6.07 Å². The lowest BCUT2D eigenvalue weighted by Gasteiger charge is -2.25. The SMILES string of the molecule is CO[C@H]1C[C@@H](CN(C)C(=O)c2ccccn2)N(C)C1. The molecule has 2 heterocycles. The number of likely N-dealkylation sites (N-methyl/N-ethyl adjacent to an activating group) is 2. The molecular weight excluding hydrogens is 242 g/mol. The number of aromatic nitrogens is 1. The highest BCUT2D eigenvalue weighted by molar-refractivity contribution is 5.92. The molecule has 0 spiro atoms. The molecule has 0 saturated carbocycles. The predicted octanol–water partition coefficient (Wildman–Crippen LogP) is 0.873. The van der Waals surface area contributed by atoms with Crippen molar-refractivity contribution in [3.05, 3.63) is 30.1 Å². The minimum Gasteiger partial charge on any atom is -0.380 e. The fourth-order valence-electron chi connectivity index (χ4n) is 2.50. The summed E-state index contributed by atoms with van der Waals surface area (Å²) in [5.74, 6) is -0.0325. The van der Waals surface area contributed by atoms with Crippen LogP contribution in [0.5, 0.6) is 0 Å². The maximum atomic E-state index is 12.2. The Labute approximate surface area is 114 Å². The van der Waals surface area contributed by atoms with Crippen LogP contribution in [0.3, 0.4) is 0 Å². The number of hydrogen-bond donors (Lipinski definition) is 0. The van der Waals surface area contributed by atoms with Crippen LogP contribution in [0.4, 0.5) is 0 Å². The number of ether oxygens (including phenoxy) is 1. The molecule has 2 rings (SSSR count). The molecule has 1 amide bonds. The van der Waals surface area contributed by atoms with Crippen LogP contribution in [0.1, 0.15) is 16.9 Å². The van der Waals surface area contributed by atoms with E-state index in [0.717, 1.165) is 13.0 Å². The van der Waals surface area contributed by atoms with E-state index in [0.29, 0.717) is 18.3 Å². The second kappa shape index (κ2) is 6.12. The molecule has 1 saturated heterocycles. The number of carbonyl (C=O) groups excluding carboxylic acids is 1. The number of rotatable bonds is 4. The van der Waals surface area contributed by atoms with E-state index in [1.807, 2.05) is 19.2 Å². The first-order valence-corrected chi connectivity index (χ1v) is 6.51. The fourth-order valence-corrected chi connectivity index (χ4v) is 2.50. The van der Waals surface area contributed by atoms with E-state index >= 15 is 0 Å². The van der Waals surface area contributed by atoms with Gasteiger partial charge in [0, 0.05) is 39.5 Å². The number of pyridine rings is 1. The maximum Gasteiger partial charge on any atom is 0.272 e. The smallest absolute Gasteiger partial charge is 0.272 e. The quantitative estimate of drug-likeness (QED) is 0.809. The predicted molar refractivity (Wildman–Crippen MR) is 73.0 cm³/mol. The standard InChI is InChI=1S/C14H21N3O2/c1-16-10-12(19-3)8-11(16)9-17(2)14(18)13-6-4-5-7-15-13/h4-7,11-12H,8-10H2,1-3H3/t11-,12-/m0/s1. The summed E-state index contributed by atoms with van der Waals surface area (Å²) in [5.41, 5.74) is 0.494. The second-order valence-corrected chi connectivity index (χ2v) is 5.09. The second-order valence-electron chi connectivity index (χ2n) is 5.09. The zero-order valence-electron chi connectivity index (χ0n) is 11.7. The van der Waals surface area contributed by atoms with Crippen molar-refractivity contribution in [3.63, 3.8) is 0 Å². The topological polar surface area (TPSA) is 45.7 Å². The minimum absolute atomic E-state index is 0.0325. The van der Waals surface area contributed by atoms with Crippen molar-refractivity contribution in [2.24, 2.45) is 0 Å². The van der Waals surface area contributed by atoms with Gasteiger partial charge < -0.3 is 9.64 Å². The highest BCUT2D eigenvalue weighted by Crippen LogP contribution is 2.19. The molecule has 0 aromatic carbocycles. The summed E-state index contributed by atoms with van der Waals surface area (Å²) in [4.78, 5) is 20.3. The fraction of sp³-hybridized carbons (Fsp3) is 0.571. The average molecular weight is 263 g/mol. The van der Waals surface area contributed by atoms with Gasteiger partial charge in [0.15, 0.2) is 0 Å². The summed E-state index contributed by atoms with van der Waals surface area (Å²) in [6, 6.07) is 5.74. The van der Waals surface area contributed by atoms with Crippen LogP contribution in [0.25, 0.3) is 0 Å². The molecule has 19 heavy (non-hydrogen) atoms. The lowest BCUT2D eigenvalue weighted by atomic mass is 10.2. The summed E-state index contributed by atoms with van der Waals surface area (Å²) < 4.78 is 5.38. The van der Waals surface area contributed by atoms with Crippen LogP contribution in [-0.2, 0) is 4.74 Å². The van der Waals surface area contributed by atoms with E-state index in [4.69, 9.17) is 4.74 Å². The van der Waals surface area contributed by atoms with Gasteiger partial charge in [0.1, 0.15) is 5.69 Å². The highest BCUT2D eigenvalue weighted by Gasteiger charge is 2.31. The Bertz CT molecular complexity index is 424. The van der Waals surface area contributed by atoms with Crippen molar-refractivity contribution >= 4 is 5.91 Å².